The van der Waals surface area contributed by atoms with E-state index in [-0.39, 0.29) is 12.8 Å². The molecule has 400 valence electrons. The Morgan fingerprint density at radius 2 is 0.829 bits per heavy atom. The minimum absolute atomic E-state index is 0.111. The Bertz CT molecular complexity index is 1550. The minimum Gasteiger partial charge on any atom is -0.480 e. The highest BCUT2D eigenvalue weighted by Gasteiger charge is 2.28. The molecule has 0 saturated heterocycles. The molecule has 0 heterocycles. The Morgan fingerprint density at radius 1 is 0.471 bits per heavy atom. The molecule has 0 aromatic rings. The van der Waals surface area contributed by atoms with Gasteiger partial charge < -0.3 is 25.2 Å². The lowest BCUT2D eigenvalue weighted by Crippen LogP contribution is -2.43. The molecule has 0 radical (unpaired) electrons. The third-order valence-electron chi connectivity index (χ3n) is 11.4. The summed E-state index contributed by atoms with van der Waals surface area (Å²) < 4.78 is 27.0. The van der Waals surface area contributed by atoms with E-state index in [9.17, 15) is 34.1 Å². The van der Waals surface area contributed by atoms with Crippen molar-refractivity contribution >= 4 is 25.7 Å². The molecule has 0 aromatic carbocycles. The summed E-state index contributed by atoms with van der Waals surface area (Å²) in [6.07, 6.45) is 67.1. The van der Waals surface area contributed by atoms with Crippen LogP contribution < -0.4 is 5.32 Å². The number of esters is 1. The number of amides is 1. The molecular weight excluding hydrogens is 902 g/mol. The van der Waals surface area contributed by atoms with Gasteiger partial charge in [-0.2, -0.15) is 0 Å². The number of nitrogens with one attached hydrogen (secondary N) is 1. The maximum Gasteiger partial charge on any atom is 0.472 e. The van der Waals surface area contributed by atoms with Crippen molar-refractivity contribution in [1.29, 1.82) is 0 Å². The Morgan fingerprint density at radius 3 is 1.24 bits per heavy atom. The third-order valence-corrected chi connectivity index (χ3v) is 12.3. The molecular formula is C58H98NO10P. The Hall–Kier alpha value is -3.60. The summed E-state index contributed by atoms with van der Waals surface area (Å²) in [4.78, 5) is 46.2. The van der Waals surface area contributed by atoms with Crippen LogP contribution in [0.1, 0.15) is 219 Å². The standard InChI is InChI=1S/C58H98NO10P/c1-3-5-7-9-11-13-15-17-19-21-23-25-27-29-31-33-35-37-39-41-43-45-47-49-56(61)59-55(58(63)64)53-69-70(65,66)68-52-54(60)51-67-57(62)50-48-46-44-42-40-38-36-34-32-30-28-26-24-22-20-18-16-14-12-10-8-6-4-2/h5,7,11-14,17-20,23,25,29,31,35,37,54-55,60H,3-4,6,8-10,15-16,21-22,24,26-28,30,32-34,36,38-53H2,1-2H3,(H,59,61)(H,63,64)(H,65,66)/b7-5-,13-11-,14-12-,19-17-,20-18-,25-23-,31-29-,37-35-. The van der Waals surface area contributed by atoms with Crippen molar-refractivity contribution in [1.82, 2.24) is 5.32 Å². The van der Waals surface area contributed by atoms with E-state index in [0.717, 1.165) is 89.9 Å². The first-order valence-corrected chi connectivity index (χ1v) is 28.8. The topological polar surface area (TPSA) is 169 Å². The largest absolute Gasteiger partial charge is 0.480 e. The first kappa shape index (κ1) is 66.4. The molecule has 11 nitrogen and oxygen atoms in total. The monoisotopic (exact) mass is 1000 g/mol. The molecule has 0 aliphatic carbocycles. The number of aliphatic hydroxyl groups is 1. The number of carboxylic acid groups (broad SMARTS) is 1. The lowest BCUT2D eigenvalue weighted by molar-refractivity contribution is -0.147. The zero-order valence-electron chi connectivity index (χ0n) is 43.8. The van der Waals surface area contributed by atoms with Crippen LogP contribution in [0, 0.1) is 0 Å². The van der Waals surface area contributed by atoms with E-state index < -0.39 is 57.6 Å². The zero-order valence-corrected chi connectivity index (χ0v) is 44.7. The second-order valence-corrected chi connectivity index (χ2v) is 19.5. The fourth-order valence-electron chi connectivity index (χ4n) is 7.17. The van der Waals surface area contributed by atoms with Crippen molar-refractivity contribution in [3.63, 3.8) is 0 Å². The van der Waals surface area contributed by atoms with E-state index in [1.165, 1.54) is 89.9 Å². The second-order valence-electron chi connectivity index (χ2n) is 18.0. The molecule has 12 heteroatoms. The second kappa shape index (κ2) is 51.7. The first-order valence-electron chi connectivity index (χ1n) is 27.3. The Balaban J connectivity index is 3.86. The van der Waals surface area contributed by atoms with Crippen LogP contribution in [0.5, 0.6) is 0 Å². The molecule has 3 atom stereocenters. The smallest absolute Gasteiger partial charge is 0.472 e. The van der Waals surface area contributed by atoms with Gasteiger partial charge in [-0.15, -0.1) is 0 Å². The van der Waals surface area contributed by atoms with Gasteiger partial charge in [-0.05, 0) is 96.3 Å². The Kier molecular flexibility index (Phi) is 49.1. The summed E-state index contributed by atoms with van der Waals surface area (Å²) in [5.41, 5.74) is 0. The SMILES string of the molecule is CC/C=C\C/C=C\C/C=C\C/C=C\C/C=C\C/C=C\CCCCCCC(=O)NC(COP(=O)(O)OCC(O)COC(=O)CCCCCCCCCCCCCCC/C=C\C/C=C\CCCCC)C(=O)O. The molecule has 4 N–H and O–H groups in total. The van der Waals surface area contributed by atoms with E-state index in [0.29, 0.717) is 12.8 Å². The van der Waals surface area contributed by atoms with E-state index in [1.54, 1.807) is 0 Å². The van der Waals surface area contributed by atoms with Crippen molar-refractivity contribution < 1.29 is 47.8 Å². The lowest BCUT2D eigenvalue weighted by Gasteiger charge is -2.18. The number of allylic oxidation sites excluding steroid dienone is 16. The van der Waals surface area contributed by atoms with Gasteiger partial charge >= 0.3 is 19.8 Å². The minimum atomic E-state index is -4.78. The van der Waals surface area contributed by atoms with Crippen LogP contribution >= 0.6 is 7.82 Å². The third kappa shape index (κ3) is 50.8. The van der Waals surface area contributed by atoms with Crippen molar-refractivity contribution in [2.75, 3.05) is 19.8 Å². The van der Waals surface area contributed by atoms with Crippen LogP contribution in [0.3, 0.4) is 0 Å². The molecule has 0 aromatic heterocycles. The summed E-state index contributed by atoms with van der Waals surface area (Å²) in [7, 11) is -4.78. The summed E-state index contributed by atoms with van der Waals surface area (Å²) in [6, 6.07) is -1.57. The fraction of sp³-hybridized carbons (Fsp3) is 0.672. The zero-order chi connectivity index (χ0) is 51.3. The van der Waals surface area contributed by atoms with Crippen molar-refractivity contribution in [3.05, 3.63) is 97.2 Å². The number of carbonyl (C=O) groups excluding carboxylic acids is 2. The van der Waals surface area contributed by atoms with Gasteiger partial charge in [-0.1, -0.05) is 207 Å². The van der Waals surface area contributed by atoms with Crippen LogP contribution in [-0.2, 0) is 32.7 Å². The van der Waals surface area contributed by atoms with E-state index in [4.69, 9.17) is 13.8 Å². The number of aliphatic carboxylic acids is 1. The highest BCUT2D eigenvalue weighted by molar-refractivity contribution is 7.47. The average molecular weight is 1000 g/mol. The summed E-state index contributed by atoms with van der Waals surface area (Å²) in [6.45, 7) is 2.46. The highest BCUT2D eigenvalue weighted by atomic mass is 31.2. The molecule has 0 bridgehead atoms. The number of phosphoric ester groups is 1. The molecule has 0 saturated carbocycles. The van der Waals surface area contributed by atoms with Crippen molar-refractivity contribution in [2.45, 2.75) is 231 Å². The number of unbranched alkanes of at least 4 members (excludes halogenated alkanes) is 20. The predicted octanol–water partition coefficient (Wildman–Crippen LogP) is 15.6. The number of aliphatic hydroxyl groups excluding tert-OH is 1. The molecule has 0 rings (SSSR count). The van der Waals surface area contributed by atoms with Gasteiger partial charge in [0.2, 0.25) is 5.91 Å². The van der Waals surface area contributed by atoms with Crippen molar-refractivity contribution in [2.24, 2.45) is 0 Å². The molecule has 0 spiro atoms. The van der Waals surface area contributed by atoms with Gasteiger partial charge in [-0.3, -0.25) is 18.6 Å². The lowest BCUT2D eigenvalue weighted by atomic mass is 10.0. The van der Waals surface area contributed by atoms with Gasteiger partial charge in [0.1, 0.15) is 12.7 Å². The quantitative estimate of drug-likeness (QED) is 0.0199. The van der Waals surface area contributed by atoms with E-state index in [1.807, 2.05) is 0 Å². The average Bonchev–Trinajstić information content (AvgIpc) is 3.34. The molecule has 70 heavy (non-hydrogen) atoms. The van der Waals surface area contributed by atoms with Gasteiger partial charge in [0.25, 0.3) is 0 Å². The maximum absolute atomic E-state index is 12.4. The van der Waals surface area contributed by atoms with Gasteiger partial charge in [0.05, 0.1) is 13.2 Å². The van der Waals surface area contributed by atoms with Crippen LogP contribution in [0.4, 0.5) is 0 Å². The van der Waals surface area contributed by atoms with Gasteiger partial charge in [0, 0.05) is 12.8 Å². The number of carboxylic acids is 1. The summed E-state index contributed by atoms with van der Waals surface area (Å²) in [5.74, 6) is -2.41. The summed E-state index contributed by atoms with van der Waals surface area (Å²) >= 11 is 0. The number of rotatable bonds is 50. The number of carbonyl (C=O) groups is 3. The fourth-order valence-corrected chi connectivity index (χ4v) is 7.95. The molecule has 1 amide bonds. The van der Waals surface area contributed by atoms with Gasteiger partial charge in [-0.25, -0.2) is 9.36 Å². The van der Waals surface area contributed by atoms with E-state index in [2.05, 4.69) is 116 Å². The van der Waals surface area contributed by atoms with Gasteiger partial charge in [0.15, 0.2) is 6.04 Å². The molecule has 3 unspecified atom stereocenters. The number of hydrogen-bond acceptors (Lipinski definition) is 8. The maximum atomic E-state index is 12.4. The first-order chi connectivity index (χ1) is 34.1. The molecule has 0 fully saturated rings. The van der Waals surface area contributed by atoms with Crippen LogP contribution in [0.15, 0.2) is 97.2 Å². The molecule has 0 aliphatic heterocycles. The number of ether oxygens (including phenoxy) is 1. The Labute approximate surface area is 425 Å². The van der Waals surface area contributed by atoms with Crippen LogP contribution in [0.2, 0.25) is 0 Å². The van der Waals surface area contributed by atoms with Crippen LogP contribution in [0.25, 0.3) is 0 Å². The van der Waals surface area contributed by atoms with Crippen molar-refractivity contribution in [3.8, 4) is 0 Å². The predicted molar refractivity (Wildman–Crippen MR) is 290 cm³/mol. The summed E-state index contributed by atoms with van der Waals surface area (Å²) in [5, 5.41) is 21.9. The van der Waals surface area contributed by atoms with Crippen LogP contribution in [-0.4, -0.2) is 64.9 Å². The highest BCUT2D eigenvalue weighted by Crippen LogP contribution is 2.43. The number of hydrogen-bond donors (Lipinski definition) is 4. The molecule has 0 aliphatic rings. The van der Waals surface area contributed by atoms with E-state index >= 15 is 0 Å². The normalized spacial score (nSPS) is 14.2. The number of phosphoric acid groups is 1.